The Morgan fingerprint density at radius 3 is 1.59 bits per heavy atom. The van der Waals surface area contributed by atoms with E-state index in [9.17, 15) is 0 Å². The van der Waals surface area contributed by atoms with Crippen LogP contribution < -0.4 is 9.64 Å². The van der Waals surface area contributed by atoms with E-state index in [2.05, 4.69) is 81.1 Å². The highest BCUT2D eigenvalue weighted by molar-refractivity contribution is 5.77. The maximum Gasteiger partial charge on any atom is 0.119 e. The van der Waals surface area contributed by atoms with E-state index in [1.165, 1.54) is 22.3 Å². The molecule has 3 rings (SSSR count). The van der Waals surface area contributed by atoms with Gasteiger partial charge in [0.05, 0.1) is 6.61 Å². The van der Waals surface area contributed by atoms with Crippen LogP contribution in [0.4, 0.5) is 17.1 Å². The van der Waals surface area contributed by atoms with Gasteiger partial charge in [-0.05, 0) is 98.5 Å². The number of rotatable bonds is 6. The molecule has 0 saturated carbocycles. The van der Waals surface area contributed by atoms with Crippen molar-refractivity contribution in [3.63, 3.8) is 0 Å². The Labute approximate surface area is 161 Å². The molecule has 0 saturated heterocycles. The van der Waals surface area contributed by atoms with E-state index < -0.39 is 0 Å². The van der Waals surface area contributed by atoms with Gasteiger partial charge in [-0.25, -0.2) is 0 Å². The molecule has 3 aromatic carbocycles. The van der Waals surface area contributed by atoms with Gasteiger partial charge in [0.2, 0.25) is 0 Å². The Bertz CT molecular complexity index is 865. The minimum atomic E-state index is 0.0131. The van der Waals surface area contributed by atoms with Crippen LogP contribution in [0.1, 0.15) is 22.3 Å². The summed E-state index contributed by atoms with van der Waals surface area (Å²) in [5, 5.41) is 8.93. The molecule has 0 radical (unpaired) electrons. The third-order valence-corrected chi connectivity index (χ3v) is 4.95. The van der Waals surface area contributed by atoms with Crippen molar-refractivity contribution in [3.8, 4) is 5.75 Å². The molecule has 0 spiro atoms. The third kappa shape index (κ3) is 4.32. The van der Waals surface area contributed by atoms with Crippen LogP contribution in [0.15, 0.2) is 60.7 Å². The molecule has 140 valence electrons. The van der Waals surface area contributed by atoms with E-state index >= 15 is 0 Å². The topological polar surface area (TPSA) is 32.7 Å². The maximum absolute atomic E-state index is 8.93. The van der Waals surface area contributed by atoms with Crippen molar-refractivity contribution in [1.82, 2.24) is 0 Å². The van der Waals surface area contributed by atoms with Crippen molar-refractivity contribution in [2.24, 2.45) is 0 Å². The van der Waals surface area contributed by atoms with Gasteiger partial charge in [0.1, 0.15) is 12.4 Å². The fourth-order valence-corrected chi connectivity index (χ4v) is 3.03. The van der Waals surface area contributed by atoms with E-state index in [1.54, 1.807) is 0 Å². The number of hydrogen-bond donors (Lipinski definition) is 1. The summed E-state index contributed by atoms with van der Waals surface area (Å²) in [4.78, 5) is 2.26. The molecule has 3 aromatic rings. The van der Waals surface area contributed by atoms with Gasteiger partial charge in [-0.3, -0.25) is 0 Å². The summed E-state index contributed by atoms with van der Waals surface area (Å²) in [6.07, 6.45) is 0. The minimum absolute atomic E-state index is 0.0131. The SMILES string of the molecule is Cc1ccc(N(c2ccc(OCCO)cc2)c2ccc(C)c(C)c2)cc1C. The van der Waals surface area contributed by atoms with Crippen LogP contribution in [0, 0.1) is 27.7 Å². The molecular formula is C24H27NO2. The Balaban J connectivity index is 2.06. The maximum atomic E-state index is 8.93. The number of aryl methyl sites for hydroxylation is 4. The lowest BCUT2D eigenvalue weighted by Gasteiger charge is -2.27. The first kappa shape index (κ1) is 19.0. The molecule has 0 bridgehead atoms. The molecule has 1 N–H and O–H groups in total. The Kier molecular flexibility index (Phi) is 5.82. The lowest BCUT2D eigenvalue weighted by atomic mass is 10.1. The first-order valence-corrected chi connectivity index (χ1v) is 9.28. The van der Waals surface area contributed by atoms with Gasteiger partial charge < -0.3 is 14.7 Å². The normalized spacial score (nSPS) is 10.7. The number of benzene rings is 3. The Morgan fingerprint density at radius 2 is 1.15 bits per heavy atom. The smallest absolute Gasteiger partial charge is 0.119 e. The molecule has 0 heterocycles. The van der Waals surface area contributed by atoms with E-state index in [4.69, 9.17) is 9.84 Å². The summed E-state index contributed by atoms with van der Waals surface area (Å²) >= 11 is 0. The zero-order valence-corrected chi connectivity index (χ0v) is 16.5. The van der Waals surface area contributed by atoms with Crippen LogP contribution in [0.25, 0.3) is 0 Å². The van der Waals surface area contributed by atoms with Crippen molar-refractivity contribution in [2.75, 3.05) is 18.1 Å². The van der Waals surface area contributed by atoms with Crippen LogP contribution in [0.3, 0.4) is 0 Å². The van der Waals surface area contributed by atoms with Crippen molar-refractivity contribution < 1.29 is 9.84 Å². The second-order valence-corrected chi connectivity index (χ2v) is 6.94. The highest BCUT2D eigenvalue weighted by Gasteiger charge is 2.14. The lowest BCUT2D eigenvalue weighted by molar-refractivity contribution is 0.201. The van der Waals surface area contributed by atoms with Crippen molar-refractivity contribution in [3.05, 3.63) is 82.9 Å². The number of aliphatic hydroxyl groups excluding tert-OH is 1. The van der Waals surface area contributed by atoms with E-state index in [0.717, 1.165) is 22.8 Å². The number of ether oxygens (including phenoxy) is 1. The quantitative estimate of drug-likeness (QED) is 0.606. The average molecular weight is 361 g/mol. The monoisotopic (exact) mass is 361 g/mol. The largest absolute Gasteiger partial charge is 0.491 e. The lowest BCUT2D eigenvalue weighted by Crippen LogP contribution is -2.11. The minimum Gasteiger partial charge on any atom is -0.491 e. The number of aliphatic hydroxyl groups is 1. The van der Waals surface area contributed by atoms with Crippen LogP contribution in [0.5, 0.6) is 5.75 Å². The number of anilines is 3. The van der Waals surface area contributed by atoms with Crippen molar-refractivity contribution in [2.45, 2.75) is 27.7 Å². The zero-order chi connectivity index (χ0) is 19.4. The van der Waals surface area contributed by atoms with E-state index in [0.29, 0.717) is 6.61 Å². The predicted molar refractivity (Wildman–Crippen MR) is 113 cm³/mol. The van der Waals surface area contributed by atoms with Crippen LogP contribution >= 0.6 is 0 Å². The van der Waals surface area contributed by atoms with E-state index in [1.807, 2.05) is 12.1 Å². The average Bonchev–Trinajstić information content (AvgIpc) is 2.67. The molecule has 0 aliphatic carbocycles. The molecule has 0 atom stereocenters. The van der Waals surface area contributed by atoms with E-state index in [-0.39, 0.29) is 6.61 Å². The molecule has 0 amide bonds. The predicted octanol–water partition coefficient (Wildman–Crippen LogP) is 5.76. The summed E-state index contributed by atoms with van der Waals surface area (Å²) in [7, 11) is 0. The van der Waals surface area contributed by atoms with Crippen molar-refractivity contribution >= 4 is 17.1 Å². The molecule has 0 aliphatic rings. The molecule has 0 aliphatic heterocycles. The van der Waals surface area contributed by atoms with Gasteiger partial charge in [0, 0.05) is 17.1 Å². The first-order chi connectivity index (χ1) is 13.0. The van der Waals surface area contributed by atoms with Gasteiger partial charge in [-0.1, -0.05) is 12.1 Å². The zero-order valence-electron chi connectivity index (χ0n) is 16.5. The Morgan fingerprint density at radius 1 is 0.667 bits per heavy atom. The highest BCUT2D eigenvalue weighted by Crippen LogP contribution is 2.36. The van der Waals surface area contributed by atoms with Gasteiger partial charge in [-0.15, -0.1) is 0 Å². The summed E-state index contributed by atoms with van der Waals surface area (Å²) < 4.78 is 5.50. The third-order valence-electron chi connectivity index (χ3n) is 4.95. The standard InChI is InChI=1S/C24H27NO2/c1-17-5-7-22(15-19(17)3)25(23-8-6-18(2)20(4)16-23)21-9-11-24(12-10-21)27-14-13-26/h5-12,15-16,26H,13-14H2,1-4H3. The molecular weight excluding hydrogens is 334 g/mol. The van der Waals surface area contributed by atoms with Gasteiger partial charge in [0.25, 0.3) is 0 Å². The summed E-state index contributed by atoms with van der Waals surface area (Å²) in [6, 6.07) is 21.1. The molecule has 0 unspecified atom stereocenters. The Hall–Kier alpha value is -2.78. The molecule has 3 nitrogen and oxygen atoms in total. The molecule has 0 aromatic heterocycles. The molecule has 27 heavy (non-hydrogen) atoms. The number of hydrogen-bond acceptors (Lipinski definition) is 3. The summed E-state index contributed by atoms with van der Waals surface area (Å²) in [5.41, 5.74) is 8.43. The second kappa shape index (κ2) is 8.28. The number of nitrogens with zero attached hydrogens (tertiary/aromatic N) is 1. The van der Waals surface area contributed by atoms with Gasteiger partial charge in [0.15, 0.2) is 0 Å². The van der Waals surface area contributed by atoms with Crippen molar-refractivity contribution in [1.29, 1.82) is 0 Å². The van der Waals surface area contributed by atoms with Crippen LogP contribution in [-0.4, -0.2) is 18.3 Å². The molecule has 3 heteroatoms. The highest BCUT2D eigenvalue weighted by atomic mass is 16.5. The molecule has 0 fully saturated rings. The summed E-state index contributed by atoms with van der Waals surface area (Å²) in [5.74, 6) is 0.757. The first-order valence-electron chi connectivity index (χ1n) is 9.28. The van der Waals surface area contributed by atoms with Gasteiger partial charge >= 0.3 is 0 Å². The fraction of sp³-hybridized carbons (Fsp3) is 0.250. The van der Waals surface area contributed by atoms with Gasteiger partial charge in [-0.2, -0.15) is 0 Å². The van der Waals surface area contributed by atoms with Crippen LogP contribution in [0.2, 0.25) is 0 Å². The fourth-order valence-electron chi connectivity index (χ4n) is 3.03. The summed E-state index contributed by atoms with van der Waals surface area (Å²) in [6.45, 7) is 8.86. The second-order valence-electron chi connectivity index (χ2n) is 6.94. The van der Waals surface area contributed by atoms with Crippen LogP contribution in [-0.2, 0) is 0 Å².